The van der Waals surface area contributed by atoms with Crippen molar-refractivity contribution in [1.82, 2.24) is 18.9 Å². The number of nitrogens with zero attached hydrogens (tertiary/aromatic N) is 5. The van der Waals surface area contributed by atoms with Crippen molar-refractivity contribution in [1.29, 1.82) is 0 Å². The fraction of sp³-hybridized carbons (Fsp3) is 0.455. The number of anilines is 2. The van der Waals surface area contributed by atoms with Gasteiger partial charge in [-0.1, -0.05) is 6.07 Å². The van der Waals surface area contributed by atoms with Gasteiger partial charge in [-0.3, -0.25) is 0 Å². The normalized spacial score (nSPS) is 20.6. The maximum atomic E-state index is 13.0. The summed E-state index contributed by atoms with van der Waals surface area (Å²) in [5, 5.41) is 4.47. The molecule has 9 nitrogen and oxygen atoms in total. The van der Waals surface area contributed by atoms with Gasteiger partial charge in [-0.05, 0) is 57.4 Å². The van der Waals surface area contributed by atoms with Crippen LogP contribution in [-0.4, -0.2) is 52.0 Å². The molecule has 0 bridgehead atoms. The van der Waals surface area contributed by atoms with E-state index in [9.17, 15) is 8.42 Å². The summed E-state index contributed by atoms with van der Waals surface area (Å²) in [5.41, 5.74) is 16.2. The SMILES string of the molecule is CC(C)(C)N1Cc2cc(-c3cc(N4CCC[C@@H](N)C4)c4c(N)ncnn34)ccc2S1(=O)=O.Cl. The van der Waals surface area contributed by atoms with Gasteiger partial charge in [0.1, 0.15) is 11.8 Å². The molecule has 0 saturated carbocycles. The molecule has 0 spiro atoms. The molecule has 1 aromatic carbocycles. The van der Waals surface area contributed by atoms with Crippen LogP contribution in [-0.2, 0) is 16.6 Å². The molecule has 1 saturated heterocycles. The Morgan fingerprint density at radius 1 is 1.18 bits per heavy atom. The first kappa shape index (κ1) is 23.7. The maximum Gasteiger partial charge on any atom is 0.244 e. The lowest BCUT2D eigenvalue weighted by Crippen LogP contribution is -2.42. The van der Waals surface area contributed by atoms with Crippen LogP contribution in [0.15, 0.2) is 35.5 Å². The predicted octanol–water partition coefficient (Wildman–Crippen LogP) is 2.63. The van der Waals surface area contributed by atoms with Gasteiger partial charge in [0.25, 0.3) is 0 Å². The van der Waals surface area contributed by atoms with Gasteiger partial charge in [0.2, 0.25) is 10.0 Å². The van der Waals surface area contributed by atoms with Crippen molar-refractivity contribution < 1.29 is 8.42 Å². The number of nitrogen functional groups attached to an aromatic ring is 1. The van der Waals surface area contributed by atoms with Crippen LogP contribution in [0.1, 0.15) is 39.2 Å². The first-order valence-corrected chi connectivity index (χ1v) is 12.3. The van der Waals surface area contributed by atoms with Crippen LogP contribution < -0.4 is 16.4 Å². The Kier molecular flexibility index (Phi) is 5.84. The van der Waals surface area contributed by atoms with Crippen molar-refractivity contribution in [2.75, 3.05) is 23.7 Å². The number of hydrogen-bond donors (Lipinski definition) is 2. The Hall–Kier alpha value is -2.40. The van der Waals surface area contributed by atoms with Gasteiger partial charge in [-0.25, -0.2) is 17.9 Å². The zero-order valence-electron chi connectivity index (χ0n) is 19.0. The molecule has 4 heterocycles. The minimum atomic E-state index is -3.51. The summed E-state index contributed by atoms with van der Waals surface area (Å²) in [4.78, 5) is 6.82. The van der Waals surface area contributed by atoms with E-state index in [1.807, 2.05) is 32.9 Å². The van der Waals surface area contributed by atoms with Gasteiger partial charge in [-0.15, -0.1) is 12.4 Å². The van der Waals surface area contributed by atoms with Crippen LogP contribution in [0.25, 0.3) is 16.8 Å². The van der Waals surface area contributed by atoms with E-state index >= 15 is 0 Å². The molecule has 5 rings (SSSR count). The molecule has 1 fully saturated rings. The van der Waals surface area contributed by atoms with Crippen molar-refractivity contribution in [3.05, 3.63) is 36.2 Å². The summed E-state index contributed by atoms with van der Waals surface area (Å²) in [7, 11) is -3.51. The standard InChI is InChI=1S/C22H29N7O2S.ClH/c1-22(2,3)28-11-15-9-14(6-7-19(15)32(28,30)31)17-10-18(27-8-4-5-16(23)12-27)20-21(24)25-13-26-29(17)20;/h6-7,9-10,13,16H,4-5,8,11-12,23H2,1-3H3,(H2,24,25,26);1H/t16-;/m1./s1. The van der Waals surface area contributed by atoms with Crippen molar-refractivity contribution in [3.8, 4) is 11.3 Å². The van der Waals surface area contributed by atoms with E-state index in [0.29, 0.717) is 17.3 Å². The highest BCUT2D eigenvalue weighted by Gasteiger charge is 2.41. The number of hydrogen-bond acceptors (Lipinski definition) is 7. The number of aromatic nitrogens is 3. The summed E-state index contributed by atoms with van der Waals surface area (Å²) < 4.78 is 29.4. The van der Waals surface area contributed by atoms with Crippen LogP contribution >= 0.6 is 12.4 Å². The number of piperidine rings is 1. The number of fused-ring (bicyclic) bond motifs is 2. The number of benzene rings is 1. The third-order valence-electron chi connectivity index (χ3n) is 6.35. The van der Waals surface area contributed by atoms with E-state index in [4.69, 9.17) is 11.5 Å². The van der Waals surface area contributed by atoms with Crippen LogP contribution in [0.5, 0.6) is 0 Å². The molecule has 2 aromatic heterocycles. The summed E-state index contributed by atoms with van der Waals surface area (Å²) in [6.07, 6.45) is 3.46. The molecule has 0 unspecified atom stereocenters. The number of halogens is 1. The van der Waals surface area contributed by atoms with E-state index in [1.165, 1.54) is 6.33 Å². The molecule has 0 radical (unpaired) electrons. The van der Waals surface area contributed by atoms with E-state index in [-0.39, 0.29) is 18.4 Å². The van der Waals surface area contributed by atoms with Crippen molar-refractivity contribution in [2.24, 2.45) is 5.73 Å². The summed E-state index contributed by atoms with van der Waals surface area (Å²) in [5.74, 6) is 0.406. The Bertz CT molecular complexity index is 1320. The molecular formula is C22H30ClN7O2S. The molecule has 178 valence electrons. The highest BCUT2D eigenvalue weighted by Crippen LogP contribution is 2.40. The fourth-order valence-corrected chi connectivity index (χ4v) is 6.76. The van der Waals surface area contributed by atoms with E-state index in [2.05, 4.69) is 21.0 Å². The van der Waals surface area contributed by atoms with Gasteiger partial charge in [0.15, 0.2) is 5.82 Å². The maximum absolute atomic E-state index is 13.0. The number of sulfonamides is 1. The first-order chi connectivity index (χ1) is 15.1. The lowest BCUT2D eigenvalue weighted by molar-refractivity contribution is 0.252. The second kappa shape index (κ2) is 8.12. The predicted molar refractivity (Wildman–Crippen MR) is 132 cm³/mol. The van der Waals surface area contributed by atoms with E-state index in [0.717, 1.165) is 54.0 Å². The van der Waals surface area contributed by atoms with Gasteiger partial charge >= 0.3 is 0 Å². The zero-order chi connectivity index (χ0) is 22.8. The minimum Gasteiger partial charge on any atom is -0.382 e. The molecule has 3 aromatic rings. The quantitative estimate of drug-likeness (QED) is 0.564. The van der Waals surface area contributed by atoms with Gasteiger partial charge in [-0.2, -0.15) is 9.40 Å². The lowest BCUT2D eigenvalue weighted by Gasteiger charge is -2.32. The molecule has 2 aliphatic heterocycles. The topological polar surface area (TPSA) is 123 Å². The van der Waals surface area contributed by atoms with E-state index in [1.54, 1.807) is 14.9 Å². The second-order valence-electron chi connectivity index (χ2n) is 9.67. The second-order valence-corrected chi connectivity index (χ2v) is 11.5. The summed E-state index contributed by atoms with van der Waals surface area (Å²) in [6, 6.07) is 7.66. The van der Waals surface area contributed by atoms with Crippen LogP contribution in [0.3, 0.4) is 0 Å². The average Bonchev–Trinajstić information content (AvgIpc) is 3.24. The molecule has 2 aliphatic rings. The van der Waals surface area contributed by atoms with Crippen molar-refractivity contribution >= 4 is 39.5 Å². The Morgan fingerprint density at radius 2 is 1.94 bits per heavy atom. The highest BCUT2D eigenvalue weighted by atomic mass is 35.5. The van der Waals surface area contributed by atoms with Crippen LogP contribution in [0, 0.1) is 0 Å². The van der Waals surface area contributed by atoms with Crippen molar-refractivity contribution in [3.63, 3.8) is 0 Å². The lowest BCUT2D eigenvalue weighted by atomic mass is 10.0. The third kappa shape index (κ3) is 3.84. The van der Waals surface area contributed by atoms with E-state index < -0.39 is 15.6 Å². The largest absolute Gasteiger partial charge is 0.382 e. The van der Waals surface area contributed by atoms with Crippen LogP contribution in [0.2, 0.25) is 0 Å². The molecule has 4 N–H and O–H groups in total. The monoisotopic (exact) mass is 491 g/mol. The van der Waals surface area contributed by atoms with Crippen molar-refractivity contribution in [2.45, 2.75) is 56.6 Å². The smallest absolute Gasteiger partial charge is 0.244 e. The number of rotatable bonds is 2. The third-order valence-corrected chi connectivity index (χ3v) is 8.56. The number of nitrogens with two attached hydrogens (primary N) is 2. The van der Waals surface area contributed by atoms with Crippen LogP contribution in [0.4, 0.5) is 11.5 Å². The first-order valence-electron chi connectivity index (χ1n) is 10.9. The minimum absolute atomic E-state index is 0. The van der Waals surface area contributed by atoms with Gasteiger partial charge in [0.05, 0.1) is 16.3 Å². The van der Waals surface area contributed by atoms with Gasteiger partial charge < -0.3 is 16.4 Å². The zero-order valence-corrected chi connectivity index (χ0v) is 20.7. The Labute approximate surface area is 200 Å². The molecule has 11 heteroatoms. The molecular weight excluding hydrogens is 462 g/mol. The molecule has 0 amide bonds. The molecule has 33 heavy (non-hydrogen) atoms. The molecule has 0 aliphatic carbocycles. The molecule has 1 atom stereocenters. The summed E-state index contributed by atoms with van der Waals surface area (Å²) >= 11 is 0. The Morgan fingerprint density at radius 3 is 2.64 bits per heavy atom. The van der Waals surface area contributed by atoms with Gasteiger partial charge in [0, 0.05) is 36.8 Å². The Balaban J connectivity index is 0.00000259. The highest BCUT2D eigenvalue weighted by molar-refractivity contribution is 7.89. The fourth-order valence-electron chi connectivity index (χ4n) is 4.79. The summed E-state index contributed by atoms with van der Waals surface area (Å²) in [6.45, 7) is 7.72. The average molecular weight is 492 g/mol.